The van der Waals surface area contributed by atoms with Crippen LogP contribution in [-0.4, -0.2) is 42.0 Å². The topological polar surface area (TPSA) is 45.2 Å². The molecular formula is C15H23N3O. The number of piperazine rings is 1. The Labute approximate surface area is 115 Å². The van der Waals surface area contributed by atoms with Crippen molar-refractivity contribution < 1.29 is 4.79 Å². The van der Waals surface area contributed by atoms with E-state index in [0.717, 1.165) is 32.6 Å². The van der Waals surface area contributed by atoms with Gasteiger partial charge in [-0.25, -0.2) is 0 Å². The Bertz CT molecular complexity index is 428. The zero-order valence-corrected chi connectivity index (χ0v) is 12.1. The van der Waals surface area contributed by atoms with Gasteiger partial charge in [0.2, 0.25) is 0 Å². The van der Waals surface area contributed by atoms with E-state index >= 15 is 0 Å². The molecule has 0 unspecified atom stereocenters. The number of carbonyl (C=O) groups is 1. The lowest BCUT2D eigenvalue weighted by Gasteiger charge is -2.27. The van der Waals surface area contributed by atoms with Crippen molar-refractivity contribution in [3.8, 4) is 0 Å². The predicted octanol–water partition coefficient (Wildman–Crippen LogP) is 1.72. The van der Waals surface area contributed by atoms with Crippen molar-refractivity contribution in [2.24, 2.45) is 5.41 Å². The SMILES string of the molecule is CC(C)(C)Cc1ccc(C(=O)N2CCNCC2)nc1. The second-order valence-electron chi connectivity index (χ2n) is 6.33. The number of aromatic nitrogens is 1. The zero-order chi connectivity index (χ0) is 13.9. The van der Waals surface area contributed by atoms with E-state index < -0.39 is 0 Å². The number of carbonyl (C=O) groups excluding carboxylic acids is 1. The van der Waals surface area contributed by atoms with Crippen molar-refractivity contribution in [2.45, 2.75) is 27.2 Å². The van der Waals surface area contributed by atoms with Crippen LogP contribution in [-0.2, 0) is 6.42 Å². The van der Waals surface area contributed by atoms with Crippen LogP contribution < -0.4 is 5.32 Å². The maximum atomic E-state index is 12.2. The Balaban J connectivity index is 2.03. The molecule has 0 radical (unpaired) electrons. The number of nitrogens with zero attached hydrogens (tertiary/aromatic N) is 2. The van der Waals surface area contributed by atoms with Crippen LogP contribution in [0.3, 0.4) is 0 Å². The molecule has 0 atom stereocenters. The minimum absolute atomic E-state index is 0.0452. The molecule has 2 rings (SSSR count). The van der Waals surface area contributed by atoms with E-state index in [-0.39, 0.29) is 11.3 Å². The molecule has 0 spiro atoms. The molecule has 1 saturated heterocycles. The summed E-state index contributed by atoms with van der Waals surface area (Å²) in [6.07, 6.45) is 2.81. The molecule has 1 amide bonds. The lowest BCUT2D eigenvalue weighted by atomic mass is 9.89. The molecule has 2 heterocycles. The standard InChI is InChI=1S/C15H23N3O/c1-15(2,3)10-12-4-5-13(17-11-12)14(19)18-8-6-16-7-9-18/h4-5,11,16H,6-10H2,1-3H3. The summed E-state index contributed by atoms with van der Waals surface area (Å²) in [4.78, 5) is 18.4. The smallest absolute Gasteiger partial charge is 0.272 e. The van der Waals surface area contributed by atoms with Gasteiger partial charge in [0.25, 0.3) is 5.91 Å². The molecule has 1 fully saturated rings. The first kappa shape index (κ1) is 14.0. The summed E-state index contributed by atoms with van der Waals surface area (Å²) < 4.78 is 0. The number of pyridine rings is 1. The van der Waals surface area contributed by atoms with Crippen LogP contribution in [0.25, 0.3) is 0 Å². The summed E-state index contributed by atoms with van der Waals surface area (Å²) in [5.41, 5.74) is 1.98. The molecular weight excluding hydrogens is 238 g/mol. The van der Waals surface area contributed by atoms with Crippen LogP contribution in [0.2, 0.25) is 0 Å². The van der Waals surface area contributed by atoms with Gasteiger partial charge in [0.05, 0.1) is 0 Å². The number of rotatable bonds is 2. The molecule has 0 aromatic carbocycles. The van der Waals surface area contributed by atoms with Crippen molar-refractivity contribution in [3.05, 3.63) is 29.6 Å². The van der Waals surface area contributed by atoms with Gasteiger partial charge in [-0.15, -0.1) is 0 Å². The molecule has 1 aromatic rings. The van der Waals surface area contributed by atoms with E-state index in [4.69, 9.17) is 0 Å². The van der Waals surface area contributed by atoms with Crippen LogP contribution >= 0.6 is 0 Å². The van der Waals surface area contributed by atoms with Gasteiger partial charge in [0.15, 0.2) is 0 Å². The maximum Gasteiger partial charge on any atom is 0.272 e. The van der Waals surface area contributed by atoms with Crippen LogP contribution in [0.4, 0.5) is 0 Å². The summed E-state index contributed by atoms with van der Waals surface area (Å²) in [6, 6.07) is 3.87. The fraction of sp³-hybridized carbons (Fsp3) is 0.600. The van der Waals surface area contributed by atoms with Gasteiger partial charge in [-0.2, -0.15) is 0 Å². The van der Waals surface area contributed by atoms with Gasteiger partial charge < -0.3 is 10.2 Å². The molecule has 4 heteroatoms. The highest BCUT2D eigenvalue weighted by Crippen LogP contribution is 2.20. The van der Waals surface area contributed by atoms with Crippen LogP contribution in [0.15, 0.2) is 18.3 Å². The third-order valence-corrected chi connectivity index (χ3v) is 3.18. The Morgan fingerprint density at radius 2 is 2.00 bits per heavy atom. The summed E-state index contributed by atoms with van der Waals surface area (Å²) >= 11 is 0. The van der Waals surface area contributed by atoms with Gasteiger partial charge in [-0.1, -0.05) is 26.8 Å². The monoisotopic (exact) mass is 261 g/mol. The molecule has 1 N–H and O–H groups in total. The molecule has 1 aliphatic rings. The van der Waals surface area contributed by atoms with Gasteiger partial charge in [-0.3, -0.25) is 9.78 Å². The Hall–Kier alpha value is -1.42. The number of hydrogen-bond donors (Lipinski definition) is 1. The maximum absolute atomic E-state index is 12.2. The molecule has 0 saturated carbocycles. The average molecular weight is 261 g/mol. The first-order valence-corrected chi connectivity index (χ1v) is 6.91. The highest BCUT2D eigenvalue weighted by Gasteiger charge is 2.19. The van der Waals surface area contributed by atoms with E-state index in [1.165, 1.54) is 5.56 Å². The van der Waals surface area contributed by atoms with Gasteiger partial charge in [-0.05, 0) is 23.5 Å². The highest BCUT2D eigenvalue weighted by molar-refractivity contribution is 5.92. The fourth-order valence-electron chi connectivity index (χ4n) is 2.30. The number of nitrogens with one attached hydrogen (secondary N) is 1. The van der Waals surface area contributed by atoms with E-state index in [0.29, 0.717) is 5.69 Å². The second kappa shape index (κ2) is 5.70. The van der Waals surface area contributed by atoms with E-state index in [1.54, 1.807) is 0 Å². The quantitative estimate of drug-likeness (QED) is 0.881. The molecule has 1 aromatic heterocycles. The highest BCUT2D eigenvalue weighted by atomic mass is 16.2. The van der Waals surface area contributed by atoms with E-state index in [9.17, 15) is 4.79 Å². The summed E-state index contributed by atoms with van der Waals surface area (Å²) in [6.45, 7) is 9.88. The number of hydrogen-bond acceptors (Lipinski definition) is 3. The van der Waals surface area contributed by atoms with Crippen molar-refractivity contribution in [3.63, 3.8) is 0 Å². The lowest BCUT2D eigenvalue weighted by molar-refractivity contribution is 0.0730. The minimum atomic E-state index is 0.0452. The first-order valence-electron chi connectivity index (χ1n) is 6.91. The van der Waals surface area contributed by atoms with E-state index in [2.05, 4.69) is 31.1 Å². The zero-order valence-electron chi connectivity index (χ0n) is 12.1. The molecule has 0 aliphatic carbocycles. The Kier molecular flexibility index (Phi) is 4.20. The molecule has 0 bridgehead atoms. The van der Waals surface area contributed by atoms with Crippen molar-refractivity contribution in [1.82, 2.24) is 15.2 Å². The summed E-state index contributed by atoms with van der Waals surface area (Å²) in [5.74, 6) is 0.0452. The molecule has 4 nitrogen and oxygen atoms in total. The van der Waals surface area contributed by atoms with Crippen molar-refractivity contribution in [2.75, 3.05) is 26.2 Å². The largest absolute Gasteiger partial charge is 0.335 e. The minimum Gasteiger partial charge on any atom is -0.335 e. The Morgan fingerprint density at radius 1 is 1.32 bits per heavy atom. The Morgan fingerprint density at radius 3 is 2.53 bits per heavy atom. The fourth-order valence-corrected chi connectivity index (χ4v) is 2.30. The van der Waals surface area contributed by atoms with Crippen LogP contribution in [0.5, 0.6) is 0 Å². The lowest BCUT2D eigenvalue weighted by Crippen LogP contribution is -2.46. The summed E-state index contributed by atoms with van der Waals surface area (Å²) in [7, 11) is 0. The summed E-state index contributed by atoms with van der Waals surface area (Å²) in [5, 5.41) is 3.24. The van der Waals surface area contributed by atoms with Gasteiger partial charge >= 0.3 is 0 Å². The third-order valence-electron chi connectivity index (χ3n) is 3.18. The van der Waals surface area contributed by atoms with Gasteiger partial charge in [0, 0.05) is 32.4 Å². The molecule has 104 valence electrons. The predicted molar refractivity (Wildman–Crippen MR) is 76.2 cm³/mol. The average Bonchev–Trinajstić information content (AvgIpc) is 2.38. The van der Waals surface area contributed by atoms with E-state index in [1.807, 2.05) is 23.2 Å². The molecule has 1 aliphatic heterocycles. The second-order valence-corrected chi connectivity index (χ2v) is 6.33. The number of amides is 1. The normalized spacial score (nSPS) is 16.5. The van der Waals surface area contributed by atoms with Crippen LogP contribution in [0, 0.1) is 5.41 Å². The van der Waals surface area contributed by atoms with Gasteiger partial charge in [0.1, 0.15) is 5.69 Å². The third kappa shape index (κ3) is 4.03. The van der Waals surface area contributed by atoms with Crippen molar-refractivity contribution >= 4 is 5.91 Å². The van der Waals surface area contributed by atoms with Crippen LogP contribution in [0.1, 0.15) is 36.8 Å². The molecule has 19 heavy (non-hydrogen) atoms. The van der Waals surface area contributed by atoms with Crippen molar-refractivity contribution in [1.29, 1.82) is 0 Å². The first-order chi connectivity index (χ1) is 8.96.